The van der Waals surface area contributed by atoms with E-state index < -0.39 is 33.4 Å². The molecular formula is C18H21N3O7S2. The third-order valence-corrected chi connectivity index (χ3v) is 7.20. The Hall–Kier alpha value is -2.83. The molecule has 0 saturated carbocycles. The molecule has 2 aromatic rings. The summed E-state index contributed by atoms with van der Waals surface area (Å²) in [6.45, 7) is 5.15. The third kappa shape index (κ3) is 5.40. The normalized spacial score (nSPS) is 11.3. The molecule has 0 radical (unpaired) electrons. The fourth-order valence-corrected chi connectivity index (χ4v) is 4.73. The van der Waals surface area contributed by atoms with E-state index in [1.807, 2.05) is 0 Å². The Bertz CT molecular complexity index is 1060. The van der Waals surface area contributed by atoms with Crippen molar-refractivity contribution in [1.29, 1.82) is 0 Å². The Morgan fingerprint density at radius 2 is 1.87 bits per heavy atom. The smallest absolute Gasteiger partial charge is 0.349 e. The molecule has 1 aromatic heterocycles. The molecule has 0 spiro atoms. The van der Waals surface area contributed by atoms with E-state index in [4.69, 9.17) is 4.74 Å². The van der Waals surface area contributed by atoms with E-state index in [1.165, 1.54) is 28.6 Å². The first-order valence-corrected chi connectivity index (χ1v) is 11.2. The first-order valence-electron chi connectivity index (χ1n) is 8.92. The van der Waals surface area contributed by atoms with E-state index in [2.05, 4.69) is 5.32 Å². The molecule has 0 aliphatic carbocycles. The average molecular weight is 456 g/mol. The third-order valence-electron chi connectivity index (χ3n) is 4.13. The van der Waals surface area contributed by atoms with Gasteiger partial charge in [0.25, 0.3) is 5.91 Å². The Morgan fingerprint density at radius 3 is 2.43 bits per heavy atom. The maximum absolute atomic E-state index is 12.7. The van der Waals surface area contributed by atoms with Crippen LogP contribution in [0.5, 0.6) is 0 Å². The van der Waals surface area contributed by atoms with Crippen molar-refractivity contribution in [2.75, 3.05) is 25.0 Å². The second-order valence-electron chi connectivity index (χ2n) is 6.09. The Balaban J connectivity index is 2.07. The van der Waals surface area contributed by atoms with Crippen LogP contribution in [0.4, 0.5) is 10.7 Å². The SMILES string of the molecule is CCN(CC)S(=O)(=O)c1ccc(C)c(NC(=O)COC(=O)c2ccc([N+](=O)[O-])s2)c1. The summed E-state index contributed by atoms with van der Waals surface area (Å²) < 4.78 is 31.5. The largest absolute Gasteiger partial charge is 0.451 e. The molecule has 1 N–H and O–H groups in total. The molecule has 0 aliphatic rings. The highest BCUT2D eigenvalue weighted by molar-refractivity contribution is 7.89. The van der Waals surface area contributed by atoms with E-state index in [-0.39, 0.29) is 20.5 Å². The van der Waals surface area contributed by atoms with Crippen LogP contribution in [0.1, 0.15) is 29.1 Å². The van der Waals surface area contributed by atoms with Gasteiger partial charge in [0, 0.05) is 24.8 Å². The van der Waals surface area contributed by atoms with Crippen molar-refractivity contribution in [2.24, 2.45) is 0 Å². The van der Waals surface area contributed by atoms with Crippen LogP contribution in [0.2, 0.25) is 0 Å². The van der Waals surface area contributed by atoms with Crippen molar-refractivity contribution >= 4 is 43.9 Å². The van der Waals surface area contributed by atoms with E-state index in [9.17, 15) is 28.1 Å². The van der Waals surface area contributed by atoms with Crippen molar-refractivity contribution in [3.05, 3.63) is 50.9 Å². The van der Waals surface area contributed by atoms with Crippen molar-refractivity contribution in [1.82, 2.24) is 4.31 Å². The molecule has 1 heterocycles. The van der Waals surface area contributed by atoms with Crippen LogP contribution in [0.15, 0.2) is 35.2 Å². The summed E-state index contributed by atoms with van der Waals surface area (Å²) >= 11 is 0.642. The molecule has 0 atom stereocenters. The number of anilines is 1. The summed E-state index contributed by atoms with van der Waals surface area (Å²) in [5.74, 6) is -1.53. The van der Waals surface area contributed by atoms with Crippen molar-refractivity contribution in [3.63, 3.8) is 0 Å². The van der Waals surface area contributed by atoms with Crippen LogP contribution in [0.3, 0.4) is 0 Å². The van der Waals surface area contributed by atoms with Crippen LogP contribution in [-0.4, -0.2) is 49.2 Å². The van der Waals surface area contributed by atoms with Gasteiger partial charge in [-0.15, -0.1) is 0 Å². The van der Waals surface area contributed by atoms with E-state index in [0.29, 0.717) is 30.0 Å². The van der Waals surface area contributed by atoms with Crippen LogP contribution in [0.25, 0.3) is 0 Å². The number of ether oxygens (including phenoxy) is 1. The minimum atomic E-state index is -3.70. The lowest BCUT2D eigenvalue weighted by Gasteiger charge is -2.19. The van der Waals surface area contributed by atoms with Gasteiger partial charge in [-0.2, -0.15) is 4.31 Å². The maximum Gasteiger partial charge on any atom is 0.349 e. The van der Waals surface area contributed by atoms with Crippen LogP contribution in [0, 0.1) is 17.0 Å². The second-order valence-corrected chi connectivity index (χ2v) is 9.09. The number of carbonyl (C=O) groups is 2. The monoisotopic (exact) mass is 455 g/mol. The lowest BCUT2D eigenvalue weighted by molar-refractivity contribution is -0.380. The van der Waals surface area contributed by atoms with E-state index in [0.717, 1.165) is 0 Å². The van der Waals surface area contributed by atoms with Gasteiger partial charge < -0.3 is 10.1 Å². The molecule has 30 heavy (non-hydrogen) atoms. The number of aryl methyl sites for hydroxylation is 1. The molecule has 0 aliphatic heterocycles. The summed E-state index contributed by atoms with van der Waals surface area (Å²) in [6, 6.07) is 6.80. The van der Waals surface area contributed by atoms with Gasteiger partial charge in [-0.3, -0.25) is 14.9 Å². The van der Waals surface area contributed by atoms with Gasteiger partial charge in [0.05, 0.1) is 9.82 Å². The van der Waals surface area contributed by atoms with Gasteiger partial charge in [-0.1, -0.05) is 31.3 Å². The number of amides is 1. The van der Waals surface area contributed by atoms with Gasteiger partial charge >= 0.3 is 11.0 Å². The molecule has 0 unspecified atom stereocenters. The summed E-state index contributed by atoms with van der Waals surface area (Å²) in [4.78, 5) is 34.2. The standard InChI is InChI=1S/C18H21N3O7S2/c1-4-20(5-2)30(26,27)13-7-6-12(3)14(10-13)19-16(22)11-28-18(23)15-8-9-17(29-15)21(24)25/h6-10H,4-5,11H2,1-3H3,(H,19,22). The van der Waals surface area contributed by atoms with Gasteiger partial charge in [0.15, 0.2) is 6.61 Å². The van der Waals surface area contributed by atoms with Gasteiger partial charge in [0.1, 0.15) is 4.88 Å². The Kier molecular flexibility index (Phi) is 7.65. The highest BCUT2D eigenvalue weighted by Gasteiger charge is 2.23. The van der Waals surface area contributed by atoms with Gasteiger partial charge in [-0.05, 0) is 30.7 Å². The molecule has 10 nitrogen and oxygen atoms in total. The molecule has 1 amide bonds. The van der Waals surface area contributed by atoms with Crippen LogP contribution < -0.4 is 5.32 Å². The molecular weight excluding hydrogens is 434 g/mol. The molecule has 1 aromatic carbocycles. The topological polar surface area (TPSA) is 136 Å². The predicted molar refractivity (Wildman–Crippen MR) is 111 cm³/mol. The molecule has 162 valence electrons. The van der Waals surface area contributed by atoms with Crippen molar-refractivity contribution in [2.45, 2.75) is 25.7 Å². The number of nitro groups is 1. The number of rotatable bonds is 9. The highest BCUT2D eigenvalue weighted by atomic mass is 32.2. The average Bonchev–Trinajstić information content (AvgIpc) is 3.19. The summed E-state index contributed by atoms with van der Waals surface area (Å²) in [5.41, 5.74) is 0.901. The first-order chi connectivity index (χ1) is 14.1. The number of thiophene rings is 1. The lowest BCUT2D eigenvalue weighted by Crippen LogP contribution is -2.30. The van der Waals surface area contributed by atoms with Crippen LogP contribution >= 0.6 is 11.3 Å². The molecule has 0 bridgehead atoms. The highest BCUT2D eigenvalue weighted by Crippen LogP contribution is 2.25. The van der Waals surface area contributed by atoms with Crippen molar-refractivity contribution < 1.29 is 27.7 Å². The number of carbonyl (C=O) groups excluding carboxylic acids is 2. The van der Waals surface area contributed by atoms with Gasteiger partial charge in [0.2, 0.25) is 10.0 Å². The van der Waals surface area contributed by atoms with Crippen molar-refractivity contribution in [3.8, 4) is 0 Å². The number of hydrogen-bond donors (Lipinski definition) is 1. The number of sulfonamides is 1. The zero-order chi connectivity index (χ0) is 22.5. The number of hydrogen-bond acceptors (Lipinski definition) is 8. The zero-order valence-electron chi connectivity index (χ0n) is 16.6. The fourth-order valence-electron chi connectivity index (χ4n) is 2.53. The number of esters is 1. The number of nitrogens with one attached hydrogen (secondary N) is 1. The van der Waals surface area contributed by atoms with Crippen LogP contribution in [-0.2, 0) is 19.6 Å². The number of benzene rings is 1. The number of nitrogens with zero attached hydrogens (tertiary/aromatic N) is 2. The minimum absolute atomic E-state index is 0.00186. The zero-order valence-corrected chi connectivity index (χ0v) is 18.2. The minimum Gasteiger partial charge on any atom is -0.451 e. The molecule has 0 fully saturated rings. The molecule has 12 heteroatoms. The van der Waals surface area contributed by atoms with Gasteiger partial charge in [-0.25, -0.2) is 13.2 Å². The molecule has 0 saturated heterocycles. The molecule has 2 rings (SSSR count). The Morgan fingerprint density at radius 1 is 1.20 bits per heavy atom. The van der Waals surface area contributed by atoms with E-state index in [1.54, 1.807) is 26.8 Å². The van der Waals surface area contributed by atoms with E-state index >= 15 is 0 Å². The Labute approximate surface area is 177 Å². The maximum atomic E-state index is 12.7. The first kappa shape index (κ1) is 23.4. The fraction of sp³-hybridized carbons (Fsp3) is 0.333. The quantitative estimate of drug-likeness (QED) is 0.349. The lowest BCUT2D eigenvalue weighted by atomic mass is 10.2. The predicted octanol–water partition coefficient (Wildman–Crippen LogP) is 2.79. The summed E-state index contributed by atoms with van der Waals surface area (Å²) in [7, 11) is -3.70. The summed E-state index contributed by atoms with van der Waals surface area (Å²) in [6.07, 6.45) is 0. The summed E-state index contributed by atoms with van der Waals surface area (Å²) in [5, 5.41) is 13.0. The second kappa shape index (κ2) is 9.78.